The highest BCUT2D eigenvalue weighted by Crippen LogP contribution is 2.67. The van der Waals surface area contributed by atoms with E-state index in [2.05, 4.69) is 26.8 Å². The minimum absolute atomic E-state index is 0.148. The van der Waals surface area contributed by atoms with E-state index in [1.54, 1.807) is 5.57 Å². The molecule has 0 aliphatic heterocycles. The molecular weight excluding hydrogens is 356 g/mol. The lowest BCUT2D eigenvalue weighted by atomic mass is 9.46. The Morgan fingerprint density at radius 3 is 2.48 bits per heavy atom. The van der Waals surface area contributed by atoms with Crippen LogP contribution in [0, 0.1) is 40.4 Å². The summed E-state index contributed by atoms with van der Waals surface area (Å²) in [5.41, 5.74) is 1.96. The SMILES string of the molecule is C[C@H](O)CCC[C@@H](C)[C@H]1CC[C@H]2[C@@H]3CC=C4C[C@@](C)(O)CC[C@]4(C)[C@H]3CC[C@]12C. The normalized spacial score (nSPS) is 48.9. The first-order valence-corrected chi connectivity index (χ1v) is 12.7. The first kappa shape index (κ1) is 21.9. The summed E-state index contributed by atoms with van der Waals surface area (Å²) in [5.74, 6) is 4.24. The van der Waals surface area contributed by atoms with Crippen LogP contribution in [0.4, 0.5) is 0 Å². The number of hydrogen-bond donors (Lipinski definition) is 2. The number of aliphatic hydroxyl groups excluding tert-OH is 1. The zero-order valence-electron chi connectivity index (χ0n) is 19.7. The highest BCUT2D eigenvalue weighted by atomic mass is 16.3. The molecule has 0 aromatic rings. The number of aliphatic hydroxyl groups is 2. The molecule has 2 N–H and O–H groups in total. The highest BCUT2D eigenvalue weighted by Gasteiger charge is 2.59. The predicted molar refractivity (Wildman–Crippen MR) is 121 cm³/mol. The van der Waals surface area contributed by atoms with Crippen molar-refractivity contribution in [1.82, 2.24) is 0 Å². The molecule has 0 aromatic carbocycles. The van der Waals surface area contributed by atoms with Crippen LogP contribution in [0.15, 0.2) is 11.6 Å². The van der Waals surface area contributed by atoms with E-state index in [-0.39, 0.29) is 6.10 Å². The van der Waals surface area contributed by atoms with Crippen molar-refractivity contribution in [3.8, 4) is 0 Å². The van der Waals surface area contributed by atoms with Crippen LogP contribution < -0.4 is 0 Å². The van der Waals surface area contributed by atoms with Gasteiger partial charge in [-0.3, -0.25) is 0 Å². The van der Waals surface area contributed by atoms with Gasteiger partial charge in [-0.1, -0.05) is 45.3 Å². The van der Waals surface area contributed by atoms with Crippen LogP contribution in [0.3, 0.4) is 0 Å². The standard InChI is InChI=1S/C27H46O2/c1-18(7-6-8-19(2)28)22-11-12-23-21-10-9-20-17-25(3,29)15-16-26(20,4)24(21)13-14-27(22,23)5/h9,18-19,21-24,28-29H,6-8,10-17H2,1-5H3/t18-,19+,21+,22-,23+,24+,25+,26+,27-/m1/s1. The van der Waals surface area contributed by atoms with Gasteiger partial charge in [-0.05, 0) is 112 Å². The molecule has 4 aliphatic carbocycles. The van der Waals surface area contributed by atoms with Gasteiger partial charge in [-0.15, -0.1) is 0 Å². The number of hydrogen-bond acceptors (Lipinski definition) is 2. The maximum Gasteiger partial charge on any atom is 0.0657 e. The zero-order valence-corrected chi connectivity index (χ0v) is 19.7. The third-order valence-corrected chi connectivity index (χ3v) is 10.4. The van der Waals surface area contributed by atoms with E-state index in [1.807, 2.05) is 13.8 Å². The summed E-state index contributed by atoms with van der Waals surface area (Å²) in [4.78, 5) is 0. The van der Waals surface area contributed by atoms with E-state index in [0.29, 0.717) is 10.8 Å². The molecular formula is C27H46O2. The molecule has 4 aliphatic rings. The van der Waals surface area contributed by atoms with Crippen molar-refractivity contribution in [2.75, 3.05) is 0 Å². The number of rotatable bonds is 5. The van der Waals surface area contributed by atoms with Gasteiger partial charge < -0.3 is 10.2 Å². The van der Waals surface area contributed by atoms with Gasteiger partial charge in [0.1, 0.15) is 0 Å². The molecule has 0 unspecified atom stereocenters. The quantitative estimate of drug-likeness (QED) is 0.515. The molecule has 3 saturated carbocycles. The van der Waals surface area contributed by atoms with Crippen LogP contribution in [0.25, 0.3) is 0 Å². The minimum Gasteiger partial charge on any atom is -0.393 e. The molecule has 0 bridgehead atoms. The molecule has 0 radical (unpaired) electrons. The highest BCUT2D eigenvalue weighted by molar-refractivity contribution is 5.26. The van der Waals surface area contributed by atoms with Gasteiger partial charge in [0.05, 0.1) is 11.7 Å². The van der Waals surface area contributed by atoms with Gasteiger partial charge in [0.25, 0.3) is 0 Å². The Labute approximate surface area is 179 Å². The minimum atomic E-state index is -0.485. The van der Waals surface area contributed by atoms with Crippen LogP contribution in [-0.4, -0.2) is 21.9 Å². The molecule has 0 saturated heterocycles. The zero-order chi connectivity index (χ0) is 21.0. The molecule has 0 heterocycles. The van der Waals surface area contributed by atoms with Crippen molar-refractivity contribution in [3.05, 3.63) is 11.6 Å². The van der Waals surface area contributed by atoms with Crippen molar-refractivity contribution in [2.45, 2.75) is 117 Å². The van der Waals surface area contributed by atoms with Gasteiger partial charge in [0.15, 0.2) is 0 Å². The van der Waals surface area contributed by atoms with E-state index in [9.17, 15) is 10.2 Å². The van der Waals surface area contributed by atoms with Gasteiger partial charge >= 0.3 is 0 Å². The van der Waals surface area contributed by atoms with Crippen molar-refractivity contribution < 1.29 is 10.2 Å². The van der Waals surface area contributed by atoms with Crippen molar-refractivity contribution >= 4 is 0 Å². The van der Waals surface area contributed by atoms with Gasteiger partial charge in [-0.2, -0.15) is 0 Å². The monoisotopic (exact) mass is 402 g/mol. The molecule has 0 aromatic heterocycles. The Morgan fingerprint density at radius 2 is 1.76 bits per heavy atom. The van der Waals surface area contributed by atoms with E-state index in [1.165, 1.54) is 51.4 Å². The van der Waals surface area contributed by atoms with Crippen molar-refractivity contribution in [1.29, 1.82) is 0 Å². The van der Waals surface area contributed by atoms with E-state index in [0.717, 1.165) is 48.9 Å². The van der Waals surface area contributed by atoms with Crippen LogP contribution in [-0.2, 0) is 0 Å². The fourth-order valence-corrected chi connectivity index (χ4v) is 8.72. The Bertz CT molecular complexity index is 634. The fourth-order valence-electron chi connectivity index (χ4n) is 8.72. The van der Waals surface area contributed by atoms with Crippen LogP contribution in [0.1, 0.15) is 105 Å². The van der Waals surface area contributed by atoms with Gasteiger partial charge in [0.2, 0.25) is 0 Å². The van der Waals surface area contributed by atoms with Crippen LogP contribution in [0.5, 0.6) is 0 Å². The average Bonchev–Trinajstić information content (AvgIpc) is 2.99. The largest absolute Gasteiger partial charge is 0.393 e. The lowest BCUT2D eigenvalue weighted by Crippen LogP contribution is -2.52. The second-order valence-corrected chi connectivity index (χ2v) is 12.4. The van der Waals surface area contributed by atoms with Gasteiger partial charge in [-0.25, -0.2) is 0 Å². The number of fused-ring (bicyclic) bond motifs is 5. The second-order valence-electron chi connectivity index (χ2n) is 12.4. The second kappa shape index (κ2) is 7.66. The van der Waals surface area contributed by atoms with E-state index >= 15 is 0 Å². The van der Waals surface area contributed by atoms with Crippen LogP contribution in [0.2, 0.25) is 0 Å². The third kappa shape index (κ3) is 3.75. The van der Waals surface area contributed by atoms with Gasteiger partial charge in [0, 0.05) is 0 Å². The van der Waals surface area contributed by atoms with Crippen molar-refractivity contribution in [2.24, 2.45) is 40.4 Å². The molecule has 2 nitrogen and oxygen atoms in total. The smallest absolute Gasteiger partial charge is 0.0657 e. The lowest BCUT2D eigenvalue weighted by molar-refractivity contribution is -0.0706. The summed E-state index contributed by atoms with van der Waals surface area (Å²) in [6.45, 7) is 11.6. The molecule has 29 heavy (non-hydrogen) atoms. The fraction of sp³-hybridized carbons (Fsp3) is 0.926. The average molecular weight is 403 g/mol. The summed E-state index contributed by atoms with van der Waals surface area (Å²) in [7, 11) is 0. The summed E-state index contributed by atoms with van der Waals surface area (Å²) >= 11 is 0. The lowest BCUT2D eigenvalue weighted by Gasteiger charge is -2.59. The Kier molecular flexibility index (Phi) is 5.78. The first-order chi connectivity index (χ1) is 13.6. The third-order valence-electron chi connectivity index (χ3n) is 10.4. The maximum atomic E-state index is 10.7. The predicted octanol–water partition coefficient (Wildman–Crippen LogP) is 6.50. The first-order valence-electron chi connectivity index (χ1n) is 12.7. The molecule has 9 atom stereocenters. The summed E-state index contributed by atoms with van der Waals surface area (Å²) in [6, 6.07) is 0. The van der Waals surface area contributed by atoms with Crippen LogP contribution >= 0.6 is 0 Å². The molecule has 2 heteroatoms. The summed E-state index contributed by atoms with van der Waals surface area (Å²) < 4.78 is 0. The maximum absolute atomic E-state index is 10.7. The molecule has 166 valence electrons. The summed E-state index contributed by atoms with van der Waals surface area (Å²) in [6.07, 6.45) is 15.8. The van der Waals surface area contributed by atoms with E-state index < -0.39 is 5.60 Å². The number of allylic oxidation sites excluding steroid dienone is 1. The van der Waals surface area contributed by atoms with Crippen molar-refractivity contribution in [3.63, 3.8) is 0 Å². The Hall–Kier alpha value is -0.340. The molecule has 4 rings (SSSR count). The summed E-state index contributed by atoms with van der Waals surface area (Å²) in [5, 5.41) is 20.3. The van der Waals surface area contributed by atoms with E-state index in [4.69, 9.17) is 0 Å². The Balaban J connectivity index is 1.50. The Morgan fingerprint density at radius 1 is 1.00 bits per heavy atom. The topological polar surface area (TPSA) is 40.5 Å². The molecule has 0 spiro atoms. The molecule has 3 fully saturated rings. The molecule has 0 amide bonds.